The van der Waals surface area contributed by atoms with Crippen LogP contribution in [0, 0.1) is 13.8 Å². The van der Waals surface area contributed by atoms with Gasteiger partial charge in [-0.25, -0.2) is 23.4 Å². The van der Waals surface area contributed by atoms with Crippen LogP contribution in [0.15, 0.2) is 53.9 Å². The number of hydrogen-bond acceptors (Lipinski definition) is 6. The summed E-state index contributed by atoms with van der Waals surface area (Å²) < 4.78 is 28.6. The van der Waals surface area contributed by atoms with Gasteiger partial charge in [-0.3, -0.25) is 4.72 Å². The number of sulfonamides is 1. The standard InChI is InChI=1S/C19H15ClN4O2S2/c1-11-6-16(24-28(25,26)15-5-3-4-14(20)7-15)18-17(12(2)27-19(18)23-11)13-8-21-10-22-9-13/h3-10H,1-2H3,(H,23,24). The second-order valence-corrected chi connectivity index (χ2v) is 9.54. The highest BCUT2D eigenvalue weighted by Gasteiger charge is 2.21. The fourth-order valence-electron chi connectivity index (χ4n) is 3.03. The predicted molar refractivity (Wildman–Crippen MR) is 112 cm³/mol. The lowest BCUT2D eigenvalue weighted by molar-refractivity contribution is 0.601. The zero-order valence-corrected chi connectivity index (χ0v) is 17.4. The van der Waals surface area contributed by atoms with Gasteiger partial charge in [-0.05, 0) is 38.1 Å². The number of nitrogens with zero attached hydrogens (tertiary/aromatic N) is 3. The number of nitrogens with one attached hydrogen (secondary N) is 1. The highest BCUT2D eigenvalue weighted by molar-refractivity contribution is 7.92. The van der Waals surface area contributed by atoms with Crippen molar-refractivity contribution in [3.8, 4) is 11.1 Å². The lowest BCUT2D eigenvalue weighted by Gasteiger charge is -2.12. The molecule has 0 aliphatic heterocycles. The van der Waals surface area contributed by atoms with E-state index in [0.29, 0.717) is 16.4 Å². The molecule has 4 aromatic rings. The first-order valence-electron chi connectivity index (χ1n) is 8.29. The maximum atomic E-state index is 13.0. The van der Waals surface area contributed by atoms with Gasteiger partial charge in [-0.2, -0.15) is 0 Å². The van der Waals surface area contributed by atoms with Crippen LogP contribution in [0.1, 0.15) is 10.6 Å². The lowest BCUT2D eigenvalue weighted by atomic mass is 10.1. The van der Waals surface area contributed by atoms with E-state index in [2.05, 4.69) is 19.7 Å². The minimum absolute atomic E-state index is 0.0964. The van der Waals surface area contributed by atoms with E-state index < -0.39 is 10.0 Å². The van der Waals surface area contributed by atoms with Crippen molar-refractivity contribution in [2.45, 2.75) is 18.7 Å². The van der Waals surface area contributed by atoms with E-state index in [1.54, 1.807) is 30.6 Å². The van der Waals surface area contributed by atoms with Crippen LogP contribution in [-0.2, 0) is 10.0 Å². The topological polar surface area (TPSA) is 84.8 Å². The van der Waals surface area contributed by atoms with Crippen molar-refractivity contribution in [2.75, 3.05) is 4.72 Å². The molecule has 6 nitrogen and oxygen atoms in total. The summed E-state index contributed by atoms with van der Waals surface area (Å²) in [6.45, 7) is 3.80. The molecule has 4 rings (SSSR count). The molecular formula is C19H15ClN4O2S2. The summed E-state index contributed by atoms with van der Waals surface area (Å²) in [6, 6.07) is 7.88. The Morgan fingerprint density at radius 1 is 1.11 bits per heavy atom. The van der Waals surface area contributed by atoms with E-state index in [1.165, 1.54) is 29.8 Å². The van der Waals surface area contributed by atoms with E-state index >= 15 is 0 Å². The smallest absolute Gasteiger partial charge is 0.261 e. The van der Waals surface area contributed by atoms with Crippen molar-refractivity contribution in [3.63, 3.8) is 0 Å². The Kier molecular flexibility index (Phi) is 4.78. The van der Waals surface area contributed by atoms with Gasteiger partial charge in [0.2, 0.25) is 0 Å². The molecule has 3 aromatic heterocycles. The minimum atomic E-state index is -3.82. The van der Waals surface area contributed by atoms with Gasteiger partial charge in [-0.1, -0.05) is 17.7 Å². The van der Waals surface area contributed by atoms with E-state index in [-0.39, 0.29) is 4.90 Å². The molecule has 0 unspecified atom stereocenters. The molecule has 0 saturated carbocycles. The third-order valence-corrected chi connectivity index (χ3v) is 6.76. The Hall–Kier alpha value is -2.55. The molecule has 3 heterocycles. The van der Waals surface area contributed by atoms with Gasteiger partial charge in [0.1, 0.15) is 11.2 Å². The number of halogens is 1. The van der Waals surface area contributed by atoms with E-state index in [1.807, 2.05) is 13.8 Å². The van der Waals surface area contributed by atoms with Crippen LogP contribution in [0.4, 0.5) is 5.69 Å². The maximum absolute atomic E-state index is 13.0. The van der Waals surface area contributed by atoms with Gasteiger partial charge >= 0.3 is 0 Å². The van der Waals surface area contributed by atoms with Gasteiger partial charge in [0.15, 0.2) is 0 Å². The molecule has 0 fully saturated rings. The molecule has 0 atom stereocenters. The fraction of sp³-hybridized carbons (Fsp3) is 0.105. The molecule has 142 valence electrons. The van der Waals surface area contributed by atoms with E-state index in [0.717, 1.165) is 26.2 Å². The number of rotatable bonds is 4. The average molecular weight is 431 g/mol. The van der Waals surface area contributed by atoms with Gasteiger partial charge in [0.25, 0.3) is 10.0 Å². The SMILES string of the molecule is Cc1cc(NS(=O)(=O)c2cccc(Cl)c2)c2c(-c3cncnc3)c(C)sc2n1. The van der Waals surface area contributed by atoms with Gasteiger partial charge in [-0.15, -0.1) is 11.3 Å². The molecule has 0 aliphatic carbocycles. The Balaban J connectivity index is 1.92. The quantitative estimate of drug-likeness (QED) is 0.501. The molecule has 1 aromatic carbocycles. The van der Waals surface area contributed by atoms with Gasteiger partial charge in [0, 0.05) is 44.5 Å². The van der Waals surface area contributed by atoms with Crippen molar-refractivity contribution >= 4 is 48.9 Å². The van der Waals surface area contributed by atoms with Crippen LogP contribution in [0.5, 0.6) is 0 Å². The largest absolute Gasteiger partial charge is 0.279 e. The summed E-state index contributed by atoms with van der Waals surface area (Å²) in [5.74, 6) is 0. The fourth-order valence-corrected chi connectivity index (χ4v) is 5.51. The third kappa shape index (κ3) is 3.46. The number of benzene rings is 1. The van der Waals surface area contributed by atoms with Crippen LogP contribution in [-0.4, -0.2) is 23.4 Å². The summed E-state index contributed by atoms with van der Waals surface area (Å²) in [4.78, 5) is 14.6. The van der Waals surface area contributed by atoms with Crippen molar-refractivity contribution in [3.05, 3.63) is 64.6 Å². The number of pyridine rings is 1. The third-order valence-electron chi connectivity index (χ3n) is 4.17. The number of anilines is 1. The number of hydrogen-bond donors (Lipinski definition) is 1. The molecule has 0 radical (unpaired) electrons. The zero-order valence-electron chi connectivity index (χ0n) is 15.0. The highest BCUT2D eigenvalue weighted by atomic mass is 35.5. The molecule has 1 N–H and O–H groups in total. The summed E-state index contributed by atoms with van der Waals surface area (Å²) in [7, 11) is -3.82. The van der Waals surface area contributed by atoms with Crippen LogP contribution < -0.4 is 4.72 Å². The van der Waals surface area contributed by atoms with Crippen molar-refractivity contribution in [2.24, 2.45) is 0 Å². The zero-order chi connectivity index (χ0) is 19.9. The van der Waals surface area contributed by atoms with Crippen LogP contribution >= 0.6 is 22.9 Å². The second-order valence-electron chi connectivity index (χ2n) is 6.21. The number of aromatic nitrogens is 3. The van der Waals surface area contributed by atoms with Crippen LogP contribution in [0.2, 0.25) is 5.02 Å². The summed E-state index contributed by atoms with van der Waals surface area (Å²) in [5, 5.41) is 1.08. The monoisotopic (exact) mass is 430 g/mol. The highest BCUT2D eigenvalue weighted by Crippen LogP contribution is 2.41. The number of aryl methyl sites for hydroxylation is 2. The Bertz CT molecular complexity index is 1290. The Morgan fingerprint density at radius 3 is 2.57 bits per heavy atom. The number of fused-ring (bicyclic) bond motifs is 1. The van der Waals surface area contributed by atoms with E-state index in [4.69, 9.17) is 11.6 Å². The van der Waals surface area contributed by atoms with E-state index in [9.17, 15) is 8.42 Å². The lowest BCUT2D eigenvalue weighted by Crippen LogP contribution is -2.13. The normalized spacial score (nSPS) is 11.7. The Labute approximate surface area is 171 Å². The van der Waals surface area contributed by atoms with Crippen LogP contribution in [0.3, 0.4) is 0 Å². The van der Waals surface area contributed by atoms with Crippen molar-refractivity contribution < 1.29 is 8.42 Å². The Morgan fingerprint density at radius 2 is 1.86 bits per heavy atom. The second kappa shape index (κ2) is 7.12. The van der Waals surface area contributed by atoms with Crippen LogP contribution in [0.25, 0.3) is 21.3 Å². The maximum Gasteiger partial charge on any atom is 0.261 e. The summed E-state index contributed by atoms with van der Waals surface area (Å²) >= 11 is 7.47. The first kappa shape index (κ1) is 18.8. The summed E-state index contributed by atoms with van der Waals surface area (Å²) in [5.41, 5.74) is 2.86. The minimum Gasteiger partial charge on any atom is -0.279 e. The first-order valence-corrected chi connectivity index (χ1v) is 11.0. The number of thiophene rings is 1. The predicted octanol–water partition coefficient (Wildman–Crippen LogP) is 4.82. The molecule has 0 bridgehead atoms. The molecule has 9 heteroatoms. The van der Waals surface area contributed by atoms with Gasteiger partial charge < -0.3 is 0 Å². The van der Waals surface area contributed by atoms with Gasteiger partial charge in [0.05, 0.1) is 10.6 Å². The summed E-state index contributed by atoms with van der Waals surface area (Å²) in [6.07, 6.45) is 4.87. The molecule has 0 aliphatic rings. The first-order chi connectivity index (χ1) is 13.3. The molecule has 0 spiro atoms. The van der Waals surface area contributed by atoms with Crippen molar-refractivity contribution in [1.82, 2.24) is 15.0 Å². The van der Waals surface area contributed by atoms with Crippen molar-refractivity contribution in [1.29, 1.82) is 0 Å². The molecule has 28 heavy (non-hydrogen) atoms. The average Bonchev–Trinajstić information content (AvgIpc) is 2.98. The molecular weight excluding hydrogens is 416 g/mol. The molecule has 0 amide bonds. The molecule has 0 saturated heterocycles.